The van der Waals surface area contributed by atoms with Crippen LogP contribution in [-0.4, -0.2) is 41.5 Å². The van der Waals surface area contributed by atoms with Gasteiger partial charge in [0.2, 0.25) is 11.8 Å². The summed E-state index contributed by atoms with van der Waals surface area (Å²) in [6.45, 7) is 1.66. The van der Waals surface area contributed by atoms with E-state index in [9.17, 15) is 22.8 Å². The van der Waals surface area contributed by atoms with Crippen LogP contribution < -0.4 is 15.0 Å². The zero-order chi connectivity index (χ0) is 18.8. The second-order valence-corrected chi connectivity index (χ2v) is 6.78. The van der Waals surface area contributed by atoms with Crippen LogP contribution in [-0.2, 0) is 9.59 Å². The van der Waals surface area contributed by atoms with E-state index >= 15 is 0 Å². The van der Waals surface area contributed by atoms with E-state index in [1.807, 2.05) is 0 Å². The lowest BCUT2D eigenvalue weighted by Crippen LogP contribution is -2.49. The summed E-state index contributed by atoms with van der Waals surface area (Å²) >= 11 is 11.6. The zero-order valence-electron chi connectivity index (χ0n) is 13.1. The molecule has 0 radical (unpaired) electrons. The Hall–Kier alpha value is -1.67. The van der Waals surface area contributed by atoms with E-state index in [1.54, 1.807) is 0 Å². The van der Waals surface area contributed by atoms with Crippen LogP contribution in [0.3, 0.4) is 0 Å². The number of rotatable bonds is 5. The predicted octanol–water partition coefficient (Wildman–Crippen LogP) is 3.04. The molecule has 1 aliphatic heterocycles. The Morgan fingerprint density at radius 1 is 1.44 bits per heavy atom. The van der Waals surface area contributed by atoms with Gasteiger partial charge >= 0.3 is 6.36 Å². The quantitative estimate of drug-likeness (QED) is 0.775. The molecular formula is C15H15Cl2F3N2O3. The Morgan fingerprint density at radius 3 is 2.72 bits per heavy atom. The average Bonchev–Trinajstić information content (AvgIpc) is 2.87. The van der Waals surface area contributed by atoms with Gasteiger partial charge in [0.15, 0.2) is 0 Å². The molecule has 1 aromatic rings. The zero-order valence-corrected chi connectivity index (χ0v) is 14.6. The van der Waals surface area contributed by atoms with Crippen molar-refractivity contribution in [1.29, 1.82) is 0 Å². The summed E-state index contributed by atoms with van der Waals surface area (Å²) in [6.07, 6.45) is -4.53. The maximum Gasteiger partial charge on any atom is 0.573 e. The number of alkyl halides is 5. The van der Waals surface area contributed by atoms with Crippen molar-refractivity contribution >= 4 is 40.7 Å². The van der Waals surface area contributed by atoms with Crippen molar-refractivity contribution in [2.75, 3.05) is 17.3 Å². The summed E-state index contributed by atoms with van der Waals surface area (Å²) < 4.78 is 40.8. The van der Waals surface area contributed by atoms with E-state index in [0.717, 1.165) is 12.1 Å². The number of nitrogens with one attached hydrogen (secondary N) is 1. The number of hydrogen-bond acceptors (Lipinski definition) is 3. The first-order chi connectivity index (χ1) is 11.5. The van der Waals surface area contributed by atoms with E-state index < -0.39 is 34.8 Å². The number of hydrogen-bond donors (Lipinski definition) is 1. The summed E-state index contributed by atoms with van der Waals surface area (Å²) in [4.78, 5) is 24.4. The summed E-state index contributed by atoms with van der Waals surface area (Å²) in [5, 5.41) is 2.51. The lowest BCUT2D eigenvalue weighted by molar-refractivity contribution is -0.274. The van der Waals surface area contributed by atoms with Crippen molar-refractivity contribution < 1.29 is 27.5 Å². The molecule has 1 heterocycles. The smallest absolute Gasteiger partial charge is 0.406 e. The highest BCUT2D eigenvalue weighted by molar-refractivity contribution is 6.39. The number of amides is 2. The van der Waals surface area contributed by atoms with Crippen LogP contribution in [0.4, 0.5) is 18.9 Å². The van der Waals surface area contributed by atoms with Gasteiger partial charge in [0.1, 0.15) is 16.7 Å². The fraction of sp³-hybridized carbons (Fsp3) is 0.467. The Labute approximate surface area is 152 Å². The second kappa shape index (κ2) is 7.29. The molecular weight excluding hydrogens is 384 g/mol. The largest absolute Gasteiger partial charge is 0.573 e. The number of carbonyl (C=O) groups excluding carboxylic acids is 2. The van der Waals surface area contributed by atoms with Gasteiger partial charge in [0.25, 0.3) is 0 Å². The van der Waals surface area contributed by atoms with Crippen LogP contribution in [0, 0.1) is 0 Å². The minimum Gasteiger partial charge on any atom is -0.406 e. The van der Waals surface area contributed by atoms with Crippen LogP contribution in [0.5, 0.6) is 5.75 Å². The number of carbonyl (C=O) groups is 2. The van der Waals surface area contributed by atoms with Gasteiger partial charge in [-0.1, -0.05) is 6.07 Å². The van der Waals surface area contributed by atoms with Gasteiger partial charge in [0.05, 0.1) is 5.88 Å². The normalized spacial score (nSPS) is 20.3. The highest BCUT2D eigenvalue weighted by Gasteiger charge is 2.38. The molecule has 0 spiro atoms. The standard InChI is InChI=1S/C15H15Cl2F3N2O3/c1-14(17,8-16)13(24)21-11-5-6-22(12(11)23)9-3-2-4-10(7-9)25-15(18,19)20/h2-4,7,11H,5-6,8H2,1H3,(H,21,24). The molecule has 1 aromatic carbocycles. The minimum absolute atomic E-state index is 0.137. The average molecular weight is 399 g/mol. The first kappa shape index (κ1) is 19.7. The lowest BCUT2D eigenvalue weighted by Gasteiger charge is -2.22. The molecule has 0 saturated carbocycles. The topological polar surface area (TPSA) is 58.6 Å². The highest BCUT2D eigenvalue weighted by atomic mass is 35.5. The third-order valence-electron chi connectivity index (χ3n) is 3.60. The Balaban J connectivity index is 2.09. The second-order valence-electron chi connectivity index (χ2n) is 5.68. The van der Waals surface area contributed by atoms with Crippen LogP contribution in [0.15, 0.2) is 24.3 Å². The maximum absolute atomic E-state index is 12.4. The SMILES string of the molecule is CC(Cl)(CCl)C(=O)NC1CCN(c2cccc(OC(F)(F)F)c2)C1=O. The van der Waals surface area contributed by atoms with Gasteiger partial charge in [-0.05, 0) is 25.5 Å². The maximum atomic E-state index is 12.4. The van der Waals surface area contributed by atoms with Gasteiger partial charge in [0, 0.05) is 18.3 Å². The molecule has 2 rings (SSSR count). The molecule has 1 aliphatic rings. The third-order valence-corrected chi connectivity index (χ3v) is 4.57. The molecule has 1 saturated heterocycles. The molecule has 2 atom stereocenters. The van der Waals surface area contributed by atoms with E-state index in [-0.39, 0.29) is 18.1 Å². The number of ether oxygens (including phenoxy) is 1. The molecule has 138 valence electrons. The molecule has 2 unspecified atom stereocenters. The van der Waals surface area contributed by atoms with Crippen molar-refractivity contribution in [2.24, 2.45) is 0 Å². The molecule has 5 nitrogen and oxygen atoms in total. The summed E-state index contributed by atoms with van der Waals surface area (Å²) in [7, 11) is 0. The molecule has 1 N–H and O–H groups in total. The number of halogens is 5. The van der Waals surface area contributed by atoms with Crippen molar-refractivity contribution in [3.8, 4) is 5.75 Å². The monoisotopic (exact) mass is 398 g/mol. The lowest BCUT2D eigenvalue weighted by atomic mass is 10.1. The van der Waals surface area contributed by atoms with E-state index in [2.05, 4.69) is 10.1 Å². The van der Waals surface area contributed by atoms with Crippen molar-refractivity contribution in [1.82, 2.24) is 5.32 Å². The Kier molecular flexibility index (Phi) is 5.73. The van der Waals surface area contributed by atoms with Crippen LogP contribution in [0.2, 0.25) is 0 Å². The number of benzene rings is 1. The first-order valence-corrected chi connectivity index (χ1v) is 8.18. The van der Waals surface area contributed by atoms with E-state index in [0.29, 0.717) is 6.42 Å². The number of nitrogens with zero attached hydrogens (tertiary/aromatic N) is 1. The molecule has 10 heteroatoms. The van der Waals surface area contributed by atoms with Gasteiger partial charge in [-0.15, -0.1) is 36.4 Å². The van der Waals surface area contributed by atoms with Gasteiger partial charge in [-0.3, -0.25) is 9.59 Å². The molecule has 1 fully saturated rings. The summed E-state index contributed by atoms with van der Waals surface area (Å²) in [6, 6.07) is 4.26. The molecule has 0 aliphatic carbocycles. The predicted molar refractivity (Wildman–Crippen MR) is 87.0 cm³/mol. The van der Waals surface area contributed by atoms with Crippen molar-refractivity contribution in [3.63, 3.8) is 0 Å². The van der Waals surface area contributed by atoms with Gasteiger partial charge in [-0.25, -0.2) is 0 Å². The van der Waals surface area contributed by atoms with Gasteiger partial charge in [-0.2, -0.15) is 0 Å². The van der Waals surface area contributed by atoms with Crippen LogP contribution in [0.25, 0.3) is 0 Å². The van der Waals surface area contributed by atoms with E-state index in [4.69, 9.17) is 23.2 Å². The highest BCUT2D eigenvalue weighted by Crippen LogP contribution is 2.29. The Morgan fingerprint density at radius 2 is 2.12 bits per heavy atom. The fourth-order valence-electron chi connectivity index (χ4n) is 2.29. The Bertz CT molecular complexity index is 668. The van der Waals surface area contributed by atoms with Crippen LogP contribution in [0.1, 0.15) is 13.3 Å². The van der Waals surface area contributed by atoms with E-state index in [1.165, 1.54) is 24.0 Å². The van der Waals surface area contributed by atoms with Crippen LogP contribution >= 0.6 is 23.2 Å². The minimum atomic E-state index is -4.82. The number of anilines is 1. The summed E-state index contributed by atoms with van der Waals surface area (Å²) in [5.41, 5.74) is 0.245. The summed E-state index contributed by atoms with van der Waals surface area (Å²) in [5.74, 6) is -1.60. The first-order valence-electron chi connectivity index (χ1n) is 7.26. The fourth-order valence-corrected chi connectivity index (χ4v) is 2.46. The molecule has 0 aromatic heterocycles. The third kappa shape index (κ3) is 4.92. The van der Waals surface area contributed by atoms with Gasteiger partial charge < -0.3 is 15.0 Å². The molecule has 0 bridgehead atoms. The molecule has 2 amide bonds. The van der Waals surface area contributed by atoms with Crippen molar-refractivity contribution in [2.45, 2.75) is 30.6 Å². The molecule has 25 heavy (non-hydrogen) atoms. The van der Waals surface area contributed by atoms with Crippen molar-refractivity contribution in [3.05, 3.63) is 24.3 Å².